The van der Waals surface area contributed by atoms with E-state index in [0.717, 1.165) is 22.4 Å². The molecule has 0 aliphatic carbocycles. The summed E-state index contributed by atoms with van der Waals surface area (Å²) < 4.78 is 2.26. The number of thioether (sulfide) groups is 1. The zero-order valence-electron chi connectivity index (χ0n) is 11.3. The molecule has 21 heavy (non-hydrogen) atoms. The molecule has 2 heterocycles. The molecule has 0 spiro atoms. The number of rotatable bonds is 1. The molecule has 0 amide bonds. The number of hydrogen-bond donors (Lipinski definition) is 0. The Balaban J connectivity index is 1.99. The fraction of sp³-hybridized carbons (Fsp3) is 0.188. The molecule has 2 unspecified atom stereocenters. The van der Waals surface area contributed by atoms with Crippen LogP contribution >= 0.6 is 35.0 Å². The Morgan fingerprint density at radius 2 is 1.76 bits per heavy atom. The molecule has 1 aromatic heterocycles. The van der Waals surface area contributed by atoms with E-state index in [2.05, 4.69) is 17.6 Å². The van der Waals surface area contributed by atoms with Crippen molar-refractivity contribution in [3.05, 3.63) is 63.9 Å². The van der Waals surface area contributed by atoms with Crippen molar-refractivity contribution in [1.29, 1.82) is 0 Å². The van der Waals surface area contributed by atoms with Crippen molar-refractivity contribution in [2.24, 2.45) is 0 Å². The third-order valence-corrected chi connectivity index (χ3v) is 5.78. The Hall–Kier alpha value is -1.16. The van der Waals surface area contributed by atoms with Gasteiger partial charge in [-0.15, -0.1) is 11.8 Å². The summed E-state index contributed by atoms with van der Waals surface area (Å²) in [6.45, 7) is 2.17. The molecule has 0 bridgehead atoms. The van der Waals surface area contributed by atoms with Crippen molar-refractivity contribution < 1.29 is 0 Å². The molecule has 2 nitrogen and oxygen atoms in total. The molecule has 0 N–H and O–H groups in total. The van der Waals surface area contributed by atoms with Gasteiger partial charge in [0.05, 0.1) is 16.3 Å². The van der Waals surface area contributed by atoms with E-state index in [9.17, 15) is 0 Å². The lowest BCUT2D eigenvalue weighted by molar-refractivity contribution is 0.777. The highest BCUT2D eigenvalue weighted by molar-refractivity contribution is 8.00. The molecule has 2 aromatic carbocycles. The smallest absolute Gasteiger partial charge is 0.124 e. The first-order valence-electron chi connectivity index (χ1n) is 6.73. The Morgan fingerprint density at radius 3 is 2.52 bits per heavy atom. The number of imidazole rings is 1. The second-order valence-electron chi connectivity index (χ2n) is 5.09. The van der Waals surface area contributed by atoms with Crippen LogP contribution in [0.5, 0.6) is 0 Å². The van der Waals surface area contributed by atoms with Crippen LogP contribution in [0.1, 0.15) is 28.9 Å². The number of aromatic nitrogens is 2. The SMILES string of the molecule is CC1SC(c2c(Cl)cccc2Cl)n2c1nc1ccccc12. The summed E-state index contributed by atoms with van der Waals surface area (Å²) in [4.78, 5) is 4.77. The molecule has 1 aliphatic rings. The van der Waals surface area contributed by atoms with Crippen molar-refractivity contribution >= 4 is 46.0 Å². The summed E-state index contributed by atoms with van der Waals surface area (Å²) in [5.74, 6) is 1.09. The zero-order valence-corrected chi connectivity index (χ0v) is 13.6. The third kappa shape index (κ3) is 1.99. The minimum atomic E-state index is 0.0728. The monoisotopic (exact) mass is 334 g/mol. The first-order valence-corrected chi connectivity index (χ1v) is 8.43. The van der Waals surface area contributed by atoms with E-state index in [1.54, 1.807) is 0 Å². The van der Waals surface area contributed by atoms with Crippen LogP contribution < -0.4 is 0 Å². The molecule has 106 valence electrons. The Morgan fingerprint density at radius 1 is 1.05 bits per heavy atom. The molecule has 1 aliphatic heterocycles. The van der Waals surface area contributed by atoms with Crippen molar-refractivity contribution in [2.75, 3.05) is 0 Å². The second kappa shape index (κ2) is 4.94. The summed E-state index contributed by atoms with van der Waals surface area (Å²) in [5, 5.41) is 1.80. The van der Waals surface area contributed by atoms with Gasteiger partial charge in [-0.1, -0.05) is 41.4 Å². The summed E-state index contributed by atoms with van der Waals surface area (Å²) >= 11 is 14.6. The summed E-state index contributed by atoms with van der Waals surface area (Å²) in [6.07, 6.45) is 0. The number of hydrogen-bond acceptors (Lipinski definition) is 2. The van der Waals surface area contributed by atoms with E-state index in [-0.39, 0.29) is 5.37 Å². The number of fused-ring (bicyclic) bond motifs is 3. The maximum atomic E-state index is 6.41. The topological polar surface area (TPSA) is 17.8 Å². The van der Waals surface area contributed by atoms with Crippen LogP contribution in [0.4, 0.5) is 0 Å². The standard InChI is InChI=1S/C16H12Cl2N2S/c1-9-15-19-12-7-2-3-8-13(12)20(15)16(21-9)14-10(17)5-4-6-11(14)18/h2-9,16H,1H3. The number of benzene rings is 2. The number of para-hydroxylation sites is 2. The fourth-order valence-corrected chi connectivity index (χ4v) is 5.00. The van der Waals surface area contributed by atoms with E-state index in [1.165, 1.54) is 0 Å². The highest BCUT2D eigenvalue weighted by Crippen LogP contribution is 2.52. The fourth-order valence-electron chi connectivity index (χ4n) is 2.86. The lowest BCUT2D eigenvalue weighted by Gasteiger charge is -2.17. The van der Waals surface area contributed by atoms with Gasteiger partial charge in [0.15, 0.2) is 0 Å². The lowest BCUT2D eigenvalue weighted by Crippen LogP contribution is -2.04. The van der Waals surface area contributed by atoms with E-state index >= 15 is 0 Å². The van der Waals surface area contributed by atoms with E-state index < -0.39 is 0 Å². The first kappa shape index (κ1) is 13.5. The van der Waals surface area contributed by atoms with Crippen molar-refractivity contribution in [2.45, 2.75) is 17.5 Å². The van der Waals surface area contributed by atoms with Crippen molar-refractivity contribution in [3.8, 4) is 0 Å². The molecule has 0 radical (unpaired) electrons. The maximum Gasteiger partial charge on any atom is 0.124 e. The average Bonchev–Trinajstić information content (AvgIpc) is 2.98. The minimum absolute atomic E-state index is 0.0728. The quantitative estimate of drug-likeness (QED) is 0.568. The summed E-state index contributed by atoms with van der Waals surface area (Å²) in [7, 11) is 0. The maximum absolute atomic E-state index is 6.41. The van der Waals surface area contributed by atoms with Gasteiger partial charge < -0.3 is 4.57 Å². The highest BCUT2D eigenvalue weighted by atomic mass is 35.5. The molecule has 4 rings (SSSR count). The van der Waals surface area contributed by atoms with Crippen LogP contribution in [0.3, 0.4) is 0 Å². The lowest BCUT2D eigenvalue weighted by atomic mass is 10.2. The third-order valence-electron chi connectivity index (χ3n) is 3.80. The van der Waals surface area contributed by atoms with Gasteiger partial charge in [0.1, 0.15) is 11.2 Å². The largest absolute Gasteiger partial charge is 0.310 e. The summed E-state index contributed by atoms with van der Waals surface area (Å²) in [5.41, 5.74) is 3.12. The molecule has 0 saturated carbocycles. The van der Waals surface area contributed by atoms with Crippen LogP contribution in [0, 0.1) is 0 Å². The molecule has 3 aromatic rings. The second-order valence-corrected chi connectivity index (χ2v) is 7.33. The summed E-state index contributed by atoms with van der Waals surface area (Å²) in [6, 6.07) is 13.9. The van der Waals surface area contributed by atoms with Gasteiger partial charge in [0.25, 0.3) is 0 Å². The zero-order chi connectivity index (χ0) is 14.6. The van der Waals surface area contributed by atoms with Gasteiger partial charge in [-0.3, -0.25) is 0 Å². The average molecular weight is 335 g/mol. The number of nitrogens with zero attached hydrogens (tertiary/aromatic N) is 2. The van der Waals surface area contributed by atoms with Crippen molar-refractivity contribution in [1.82, 2.24) is 9.55 Å². The first-order chi connectivity index (χ1) is 10.2. The normalized spacial score (nSPS) is 20.9. The number of halogens is 2. The van der Waals surface area contributed by atoms with Gasteiger partial charge in [0, 0.05) is 15.6 Å². The van der Waals surface area contributed by atoms with Crippen molar-refractivity contribution in [3.63, 3.8) is 0 Å². The van der Waals surface area contributed by atoms with Gasteiger partial charge >= 0.3 is 0 Å². The van der Waals surface area contributed by atoms with Gasteiger partial charge in [-0.05, 0) is 31.2 Å². The molecule has 2 atom stereocenters. The molecular weight excluding hydrogens is 323 g/mol. The predicted molar refractivity (Wildman–Crippen MR) is 90.3 cm³/mol. The highest BCUT2D eigenvalue weighted by Gasteiger charge is 2.35. The van der Waals surface area contributed by atoms with Crippen LogP contribution in [-0.4, -0.2) is 9.55 Å². The minimum Gasteiger partial charge on any atom is -0.310 e. The van der Waals surface area contributed by atoms with E-state index in [1.807, 2.05) is 48.2 Å². The Labute approximate surface area is 137 Å². The van der Waals surface area contributed by atoms with Crippen LogP contribution in [0.2, 0.25) is 10.0 Å². The predicted octanol–water partition coefficient (Wildman–Crippen LogP) is 5.70. The Bertz CT molecular complexity index is 823. The van der Waals surface area contributed by atoms with Gasteiger partial charge in [-0.2, -0.15) is 0 Å². The molecule has 0 fully saturated rings. The van der Waals surface area contributed by atoms with E-state index in [4.69, 9.17) is 28.2 Å². The Kier molecular flexibility index (Phi) is 3.18. The molecule has 0 saturated heterocycles. The van der Waals surface area contributed by atoms with Gasteiger partial charge in [0.2, 0.25) is 0 Å². The van der Waals surface area contributed by atoms with Gasteiger partial charge in [-0.25, -0.2) is 4.98 Å². The molecule has 5 heteroatoms. The van der Waals surface area contributed by atoms with Crippen LogP contribution in [-0.2, 0) is 0 Å². The van der Waals surface area contributed by atoms with Crippen LogP contribution in [0.25, 0.3) is 11.0 Å². The van der Waals surface area contributed by atoms with Crippen LogP contribution in [0.15, 0.2) is 42.5 Å². The molecular formula is C16H12Cl2N2S. The van der Waals surface area contributed by atoms with E-state index in [0.29, 0.717) is 15.3 Å².